The number of guanidine groups is 1. The van der Waals surface area contributed by atoms with E-state index in [1.54, 1.807) is 24.3 Å². The molecule has 2 N–H and O–H groups in total. The number of benzene rings is 1. The third-order valence-electron chi connectivity index (χ3n) is 2.80. The van der Waals surface area contributed by atoms with Crippen molar-refractivity contribution in [2.75, 3.05) is 19.6 Å². The molecule has 0 radical (unpaired) electrons. The first kappa shape index (κ1) is 17.0. The van der Waals surface area contributed by atoms with Gasteiger partial charge in [-0.25, -0.2) is 9.38 Å². The molecule has 0 aromatic heterocycles. The Kier molecular flexibility index (Phi) is 7.94. The zero-order valence-electron chi connectivity index (χ0n) is 12.7. The van der Waals surface area contributed by atoms with E-state index >= 15 is 0 Å². The second-order valence-corrected chi connectivity index (χ2v) is 4.47. The van der Waals surface area contributed by atoms with Crippen LogP contribution in [0.25, 0.3) is 0 Å². The van der Waals surface area contributed by atoms with Crippen LogP contribution in [0.5, 0.6) is 5.75 Å². The number of para-hydroxylation sites is 1. The van der Waals surface area contributed by atoms with Crippen molar-refractivity contribution in [2.24, 2.45) is 4.99 Å². The van der Waals surface area contributed by atoms with E-state index < -0.39 is 0 Å². The molecular weight excluding hydrogens is 269 g/mol. The summed E-state index contributed by atoms with van der Waals surface area (Å²) in [5.41, 5.74) is 0. The van der Waals surface area contributed by atoms with Gasteiger partial charge in [0, 0.05) is 13.1 Å². The van der Waals surface area contributed by atoms with E-state index in [1.807, 2.05) is 13.8 Å². The third-order valence-corrected chi connectivity index (χ3v) is 2.80. The van der Waals surface area contributed by atoms with E-state index in [-0.39, 0.29) is 17.7 Å². The molecule has 0 aliphatic rings. The van der Waals surface area contributed by atoms with Crippen molar-refractivity contribution in [3.05, 3.63) is 42.7 Å². The van der Waals surface area contributed by atoms with Gasteiger partial charge >= 0.3 is 0 Å². The first-order chi connectivity index (χ1) is 10.2. The van der Waals surface area contributed by atoms with Crippen LogP contribution in [-0.4, -0.2) is 31.7 Å². The predicted molar refractivity (Wildman–Crippen MR) is 85.3 cm³/mol. The van der Waals surface area contributed by atoms with Crippen LogP contribution in [0.2, 0.25) is 0 Å². The summed E-state index contributed by atoms with van der Waals surface area (Å²) < 4.78 is 19.2. The molecule has 0 spiro atoms. The molecule has 1 aromatic carbocycles. The van der Waals surface area contributed by atoms with Gasteiger partial charge in [-0.05, 0) is 25.5 Å². The second-order valence-electron chi connectivity index (χ2n) is 4.47. The molecular formula is C16H24FN3O. The van der Waals surface area contributed by atoms with Crippen LogP contribution in [0.1, 0.15) is 20.3 Å². The zero-order valence-corrected chi connectivity index (χ0v) is 12.7. The zero-order chi connectivity index (χ0) is 15.5. The molecule has 0 saturated heterocycles. The lowest BCUT2D eigenvalue weighted by Crippen LogP contribution is -2.38. The number of rotatable bonds is 8. The standard InChI is InChI=1S/C16H24FN3O/c1-4-11-19-16(18-6-3)20-12-13(5-2)21-15-10-8-7-9-14(15)17/h4,7-10,13H,1,5-6,11-12H2,2-3H3,(H2,18,19,20). The summed E-state index contributed by atoms with van der Waals surface area (Å²) in [6.07, 6.45) is 2.35. The van der Waals surface area contributed by atoms with E-state index in [9.17, 15) is 4.39 Å². The summed E-state index contributed by atoms with van der Waals surface area (Å²) in [6.45, 7) is 9.51. The minimum Gasteiger partial charge on any atom is -0.485 e. The maximum Gasteiger partial charge on any atom is 0.191 e. The van der Waals surface area contributed by atoms with Crippen LogP contribution >= 0.6 is 0 Å². The Morgan fingerprint density at radius 1 is 1.38 bits per heavy atom. The Labute approximate surface area is 126 Å². The first-order valence-corrected chi connectivity index (χ1v) is 7.25. The number of ether oxygens (including phenoxy) is 1. The Balaban J connectivity index is 2.63. The van der Waals surface area contributed by atoms with Gasteiger partial charge in [-0.15, -0.1) is 6.58 Å². The molecule has 0 saturated carbocycles. The molecule has 0 aliphatic heterocycles. The summed E-state index contributed by atoms with van der Waals surface area (Å²) in [5.74, 6) is 0.619. The quantitative estimate of drug-likeness (QED) is 0.440. The Morgan fingerprint density at radius 2 is 2.14 bits per heavy atom. The van der Waals surface area contributed by atoms with Gasteiger partial charge in [-0.1, -0.05) is 25.1 Å². The fourth-order valence-electron chi connectivity index (χ4n) is 1.67. The second kappa shape index (κ2) is 9.80. The number of aliphatic imine (C=N–C) groups is 1. The van der Waals surface area contributed by atoms with Gasteiger partial charge in [-0.2, -0.15) is 0 Å². The molecule has 5 heteroatoms. The summed E-state index contributed by atoms with van der Waals surface area (Å²) in [6, 6.07) is 6.41. The summed E-state index contributed by atoms with van der Waals surface area (Å²) in [7, 11) is 0. The highest BCUT2D eigenvalue weighted by atomic mass is 19.1. The number of nitrogens with zero attached hydrogens (tertiary/aromatic N) is 1. The van der Waals surface area contributed by atoms with Crippen molar-refractivity contribution < 1.29 is 9.13 Å². The number of hydrogen-bond acceptors (Lipinski definition) is 2. The van der Waals surface area contributed by atoms with Crippen LogP contribution in [0.3, 0.4) is 0 Å². The van der Waals surface area contributed by atoms with Gasteiger partial charge in [0.1, 0.15) is 6.10 Å². The van der Waals surface area contributed by atoms with Gasteiger partial charge in [0.25, 0.3) is 0 Å². The molecule has 0 aliphatic carbocycles. The van der Waals surface area contributed by atoms with Crippen molar-refractivity contribution in [3.63, 3.8) is 0 Å². The van der Waals surface area contributed by atoms with Crippen LogP contribution in [0.4, 0.5) is 4.39 Å². The monoisotopic (exact) mass is 293 g/mol. The largest absolute Gasteiger partial charge is 0.485 e. The Morgan fingerprint density at radius 3 is 2.76 bits per heavy atom. The predicted octanol–water partition coefficient (Wildman–Crippen LogP) is 2.72. The molecule has 116 valence electrons. The van der Waals surface area contributed by atoms with E-state index in [0.29, 0.717) is 19.0 Å². The van der Waals surface area contributed by atoms with E-state index in [4.69, 9.17) is 4.74 Å². The number of hydrogen-bond donors (Lipinski definition) is 2. The molecule has 0 amide bonds. The highest BCUT2D eigenvalue weighted by Crippen LogP contribution is 2.18. The molecule has 4 nitrogen and oxygen atoms in total. The fourth-order valence-corrected chi connectivity index (χ4v) is 1.67. The van der Waals surface area contributed by atoms with Crippen molar-refractivity contribution >= 4 is 5.96 Å². The maximum absolute atomic E-state index is 13.6. The average molecular weight is 293 g/mol. The van der Waals surface area contributed by atoms with E-state index in [0.717, 1.165) is 13.0 Å². The van der Waals surface area contributed by atoms with E-state index in [2.05, 4.69) is 22.2 Å². The smallest absolute Gasteiger partial charge is 0.191 e. The topological polar surface area (TPSA) is 45.7 Å². The van der Waals surface area contributed by atoms with Gasteiger partial charge < -0.3 is 15.4 Å². The van der Waals surface area contributed by atoms with Crippen LogP contribution in [0.15, 0.2) is 41.9 Å². The molecule has 1 aromatic rings. The normalized spacial score (nSPS) is 12.6. The molecule has 0 fully saturated rings. The third kappa shape index (κ3) is 6.29. The Hall–Kier alpha value is -2.04. The van der Waals surface area contributed by atoms with Crippen molar-refractivity contribution in [1.82, 2.24) is 10.6 Å². The van der Waals surface area contributed by atoms with Gasteiger partial charge in [0.05, 0.1) is 6.54 Å². The van der Waals surface area contributed by atoms with Gasteiger partial charge in [0.2, 0.25) is 0 Å². The van der Waals surface area contributed by atoms with Gasteiger partial charge in [-0.3, -0.25) is 0 Å². The van der Waals surface area contributed by atoms with Crippen molar-refractivity contribution in [3.8, 4) is 5.75 Å². The first-order valence-electron chi connectivity index (χ1n) is 7.25. The highest BCUT2D eigenvalue weighted by Gasteiger charge is 2.11. The average Bonchev–Trinajstić information content (AvgIpc) is 2.50. The number of nitrogens with one attached hydrogen (secondary N) is 2. The fraction of sp³-hybridized carbons (Fsp3) is 0.438. The minimum atomic E-state index is -0.350. The van der Waals surface area contributed by atoms with Crippen LogP contribution in [0, 0.1) is 5.82 Å². The molecule has 1 unspecified atom stereocenters. The summed E-state index contributed by atoms with van der Waals surface area (Å²) >= 11 is 0. The maximum atomic E-state index is 13.6. The Bertz CT molecular complexity index is 463. The SMILES string of the molecule is C=CCNC(=NCC(CC)Oc1ccccc1F)NCC. The van der Waals surface area contributed by atoms with Crippen molar-refractivity contribution in [2.45, 2.75) is 26.4 Å². The number of halogens is 1. The molecule has 0 heterocycles. The summed E-state index contributed by atoms with van der Waals surface area (Å²) in [5, 5.41) is 6.25. The lowest BCUT2D eigenvalue weighted by atomic mass is 10.2. The molecule has 0 bridgehead atoms. The lowest BCUT2D eigenvalue weighted by molar-refractivity contribution is 0.196. The van der Waals surface area contributed by atoms with E-state index in [1.165, 1.54) is 6.07 Å². The molecule has 1 atom stereocenters. The van der Waals surface area contributed by atoms with Crippen LogP contribution < -0.4 is 15.4 Å². The van der Waals surface area contributed by atoms with Gasteiger partial charge in [0.15, 0.2) is 17.5 Å². The summed E-state index contributed by atoms with van der Waals surface area (Å²) in [4.78, 5) is 4.45. The minimum absolute atomic E-state index is 0.166. The lowest BCUT2D eigenvalue weighted by Gasteiger charge is -2.17. The molecule has 1 rings (SSSR count). The highest BCUT2D eigenvalue weighted by molar-refractivity contribution is 5.79. The van der Waals surface area contributed by atoms with Crippen LogP contribution in [-0.2, 0) is 0 Å². The van der Waals surface area contributed by atoms with Crippen molar-refractivity contribution in [1.29, 1.82) is 0 Å². The molecule has 21 heavy (non-hydrogen) atoms.